The Balaban J connectivity index is 0.00000160. The maximum Gasteiger partial charge on any atom is 0.274 e. The Morgan fingerprint density at radius 2 is 1.80 bits per heavy atom. The minimum absolute atomic E-state index is 0. The molecule has 0 unspecified atom stereocenters. The summed E-state index contributed by atoms with van der Waals surface area (Å²) in [4.78, 5) is 15.2. The molecule has 30 heavy (non-hydrogen) atoms. The molecular weight excluding hydrogens is 423 g/mol. The number of aromatic nitrogens is 3. The molecule has 9 heteroatoms. The first kappa shape index (κ1) is 24.6. The highest BCUT2D eigenvalue weighted by atomic mass is 35.5. The van der Waals surface area contributed by atoms with Crippen molar-refractivity contribution in [3.05, 3.63) is 46.8 Å². The van der Waals surface area contributed by atoms with Crippen LogP contribution in [-0.4, -0.2) is 52.0 Å². The van der Waals surface area contributed by atoms with Crippen molar-refractivity contribution < 1.29 is 4.79 Å². The Bertz CT molecular complexity index is 816. The van der Waals surface area contributed by atoms with Gasteiger partial charge in [-0.15, -0.1) is 29.9 Å². The first-order valence-electron chi connectivity index (χ1n) is 10.4. The standard InChI is InChI=1S/C21H30N6O.2ClH/c1-16-20(24-25-27(16)19-8-10-22-11-9-19)21(28)23-14-17-6-2-3-7-18(17)15-26-12-4-5-13-26;;/h2-3,6-7,19,22H,4-5,8-15H2,1H3,(H,23,28);2*1H. The maximum atomic E-state index is 12.7. The number of hydrogen-bond acceptors (Lipinski definition) is 5. The number of piperidine rings is 1. The average molecular weight is 455 g/mol. The van der Waals surface area contributed by atoms with Gasteiger partial charge in [-0.2, -0.15) is 0 Å². The molecule has 2 N–H and O–H groups in total. The summed E-state index contributed by atoms with van der Waals surface area (Å²) in [5.74, 6) is -0.145. The minimum Gasteiger partial charge on any atom is -0.346 e. The summed E-state index contributed by atoms with van der Waals surface area (Å²) in [5, 5.41) is 14.9. The second kappa shape index (κ2) is 11.6. The van der Waals surface area contributed by atoms with Gasteiger partial charge in [0.05, 0.1) is 11.7 Å². The summed E-state index contributed by atoms with van der Waals surface area (Å²) in [7, 11) is 0. The van der Waals surface area contributed by atoms with Crippen LogP contribution >= 0.6 is 24.8 Å². The van der Waals surface area contributed by atoms with Gasteiger partial charge in [-0.05, 0) is 69.9 Å². The molecule has 166 valence electrons. The Kier molecular flexibility index (Phi) is 9.55. The van der Waals surface area contributed by atoms with E-state index in [0.717, 1.165) is 38.2 Å². The molecule has 1 amide bonds. The van der Waals surface area contributed by atoms with Crippen molar-refractivity contribution in [2.45, 2.75) is 51.7 Å². The Labute approximate surface area is 190 Å². The van der Waals surface area contributed by atoms with Gasteiger partial charge >= 0.3 is 0 Å². The molecule has 0 spiro atoms. The van der Waals surface area contributed by atoms with Gasteiger partial charge in [-0.1, -0.05) is 29.5 Å². The normalized spacial score (nSPS) is 17.2. The van der Waals surface area contributed by atoms with E-state index in [1.807, 2.05) is 17.7 Å². The molecule has 1 aromatic heterocycles. The second-order valence-corrected chi connectivity index (χ2v) is 7.88. The molecule has 2 saturated heterocycles. The quantitative estimate of drug-likeness (QED) is 0.701. The lowest BCUT2D eigenvalue weighted by atomic mass is 10.1. The molecule has 2 aliphatic rings. The predicted octanol–water partition coefficient (Wildman–Crippen LogP) is 2.88. The summed E-state index contributed by atoms with van der Waals surface area (Å²) in [6.45, 7) is 7.72. The topological polar surface area (TPSA) is 75.1 Å². The monoisotopic (exact) mass is 454 g/mol. The number of carbonyl (C=O) groups excluding carboxylic acids is 1. The van der Waals surface area contributed by atoms with E-state index in [1.54, 1.807) is 0 Å². The molecular formula is C21H32Cl2N6O. The highest BCUT2D eigenvalue weighted by Crippen LogP contribution is 2.20. The summed E-state index contributed by atoms with van der Waals surface area (Å²) >= 11 is 0. The minimum atomic E-state index is -0.145. The molecule has 0 saturated carbocycles. The number of rotatable bonds is 6. The lowest BCUT2D eigenvalue weighted by molar-refractivity contribution is 0.0945. The molecule has 2 fully saturated rings. The van der Waals surface area contributed by atoms with E-state index in [1.165, 1.54) is 37.1 Å². The van der Waals surface area contributed by atoms with Crippen molar-refractivity contribution in [3.63, 3.8) is 0 Å². The van der Waals surface area contributed by atoms with Crippen LogP contribution in [-0.2, 0) is 13.1 Å². The Morgan fingerprint density at radius 1 is 1.13 bits per heavy atom. The van der Waals surface area contributed by atoms with Crippen molar-refractivity contribution in [1.29, 1.82) is 0 Å². The zero-order valence-electron chi connectivity index (χ0n) is 17.5. The third-order valence-corrected chi connectivity index (χ3v) is 5.95. The highest BCUT2D eigenvalue weighted by Gasteiger charge is 2.23. The van der Waals surface area contributed by atoms with Crippen LogP contribution in [0.3, 0.4) is 0 Å². The lowest BCUT2D eigenvalue weighted by Crippen LogP contribution is -2.30. The van der Waals surface area contributed by atoms with E-state index in [4.69, 9.17) is 0 Å². The van der Waals surface area contributed by atoms with Crippen LogP contribution in [0.5, 0.6) is 0 Å². The lowest BCUT2D eigenvalue weighted by Gasteiger charge is -2.23. The van der Waals surface area contributed by atoms with Gasteiger partial charge in [0.1, 0.15) is 0 Å². The van der Waals surface area contributed by atoms with Crippen LogP contribution < -0.4 is 10.6 Å². The van der Waals surface area contributed by atoms with Gasteiger partial charge in [-0.3, -0.25) is 9.69 Å². The zero-order chi connectivity index (χ0) is 19.3. The average Bonchev–Trinajstić information content (AvgIpc) is 3.37. The van der Waals surface area contributed by atoms with E-state index < -0.39 is 0 Å². The van der Waals surface area contributed by atoms with Gasteiger partial charge in [0.15, 0.2) is 5.69 Å². The molecule has 0 bridgehead atoms. The third-order valence-electron chi connectivity index (χ3n) is 5.95. The largest absolute Gasteiger partial charge is 0.346 e. The summed E-state index contributed by atoms with van der Waals surface area (Å²) in [5.41, 5.74) is 3.76. The number of benzene rings is 1. The van der Waals surface area contributed by atoms with Crippen LogP contribution in [0.1, 0.15) is 59.0 Å². The van der Waals surface area contributed by atoms with Gasteiger partial charge in [0.2, 0.25) is 0 Å². The fourth-order valence-corrected chi connectivity index (χ4v) is 4.27. The number of carbonyl (C=O) groups is 1. The van der Waals surface area contributed by atoms with Crippen LogP contribution in [0.2, 0.25) is 0 Å². The second-order valence-electron chi connectivity index (χ2n) is 7.88. The van der Waals surface area contributed by atoms with Crippen molar-refractivity contribution >= 4 is 30.7 Å². The molecule has 0 aliphatic carbocycles. The number of nitrogens with zero attached hydrogens (tertiary/aromatic N) is 4. The number of amides is 1. The molecule has 2 aromatic rings. The smallest absolute Gasteiger partial charge is 0.274 e. The SMILES string of the molecule is Cc1c(C(=O)NCc2ccccc2CN2CCCC2)nnn1C1CCNCC1.Cl.Cl. The van der Waals surface area contributed by atoms with Crippen molar-refractivity contribution in [3.8, 4) is 0 Å². The molecule has 3 heterocycles. The molecule has 1 aromatic carbocycles. The molecule has 4 rings (SSSR count). The van der Waals surface area contributed by atoms with E-state index in [2.05, 4.69) is 44.0 Å². The third kappa shape index (κ3) is 5.72. The van der Waals surface area contributed by atoms with Crippen molar-refractivity contribution in [1.82, 2.24) is 30.5 Å². The Morgan fingerprint density at radius 3 is 2.50 bits per heavy atom. The van der Waals surface area contributed by atoms with Crippen LogP contribution in [0, 0.1) is 6.92 Å². The van der Waals surface area contributed by atoms with Crippen molar-refractivity contribution in [2.24, 2.45) is 0 Å². The fraction of sp³-hybridized carbons (Fsp3) is 0.571. The molecule has 0 atom stereocenters. The maximum absolute atomic E-state index is 12.7. The number of halogens is 2. The number of likely N-dealkylation sites (tertiary alicyclic amines) is 1. The van der Waals surface area contributed by atoms with Gasteiger partial charge in [0.25, 0.3) is 5.91 Å². The van der Waals surface area contributed by atoms with Crippen LogP contribution in [0.25, 0.3) is 0 Å². The predicted molar refractivity (Wildman–Crippen MR) is 123 cm³/mol. The highest BCUT2D eigenvalue weighted by molar-refractivity contribution is 5.93. The summed E-state index contributed by atoms with van der Waals surface area (Å²) in [6, 6.07) is 8.71. The van der Waals surface area contributed by atoms with E-state index >= 15 is 0 Å². The van der Waals surface area contributed by atoms with Crippen LogP contribution in [0.15, 0.2) is 24.3 Å². The number of nitrogens with one attached hydrogen (secondary N) is 2. The van der Waals surface area contributed by atoms with E-state index in [9.17, 15) is 4.79 Å². The van der Waals surface area contributed by atoms with Crippen LogP contribution in [0.4, 0.5) is 0 Å². The molecule has 0 radical (unpaired) electrons. The molecule has 7 nitrogen and oxygen atoms in total. The summed E-state index contributed by atoms with van der Waals surface area (Å²) in [6.07, 6.45) is 4.61. The van der Waals surface area contributed by atoms with E-state index in [0.29, 0.717) is 18.3 Å². The fourth-order valence-electron chi connectivity index (χ4n) is 4.27. The van der Waals surface area contributed by atoms with Gasteiger partial charge < -0.3 is 10.6 Å². The van der Waals surface area contributed by atoms with Gasteiger partial charge in [0, 0.05) is 13.1 Å². The zero-order valence-corrected chi connectivity index (χ0v) is 19.1. The van der Waals surface area contributed by atoms with Crippen molar-refractivity contribution in [2.75, 3.05) is 26.2 Å². The summed E-state index contributed by atoms with van der Waals surface area (Å²) < 4.78 is 1.93. The Hall–Kier alpha value is -1.67. The first-order chi connectivity index (χ1) is 13.7. The molecule has 2 aliphatic heterocycles. The number of hydrogen-bond donors (Lipinski definition) is 2. The first-order valence-corrected chi connectivity index (χ1v) is 10.4. The van der Waals surface area contributed by atoms with Gasteiger partial charge in [-0.25, -0.2) is 4.68 Å². The van der Waals surface area contributed by atoms with E-state index in [-0.39, 0.29) is 30.7 Å².